The maximum absolute atomic E-state index is 12.2. The molecule has 0 radical (unpaired) electrons. The summed E-state index contributed by atoms with van der Waals surface area (Å²) in [6.07, 6.45) is 0. The van der Waals surface area contributed by atoms with Gasteiger partial charge in [-0.05, 0) is 25.1 Å². The minimum absolute atomic E-state index is 0.0795. The molecule has 6 nitrogen and oxygen atoms in total. The molecular formula is C12H18BrNO5S. The summed E-state index contributed by atoms with van der Waals surface area (Å²) in [6, 6.07) is 4.81. The van der Waals surface area contributed by atoms with Gasteiger partial charge in [0.2, 0.25) is 10.0 Å². The van der Waals surface area contributed by atoms with Crippen molar-refractivity contribution in [2.75, 3.05) is 33.0 Å². The molecule has 0 bridgehead atoms. The average Bonchev–Trinajstić information content (AvgIpc) is 2.40. The summed E-state index contributed by atoms with van der Waals surface area (Å²) in [5, 5.41) is 8.54. The van der Waals surface area contributed by atoms with Gasteiger partial charge < -0.3 is 14.6 Å². The van der Waals surface area contributed by atoms with Crippen LogP contribution in [0.4, 0.5) is 0 Å². The molecule has 0 heterocycles. The molecule has 0 saturated heterocycles. The van der Waals surface area contributed by atoms with Gasteiger partial charge in [0, 0.05) is 11.0 Å². The second-order valence-electron chi connectivity index (χ2n) is 3.76. The normalized spacial score (nSPS) is 11.6. The van der Waals surface area contributed by atoms with Crippen molar-refractivity contribution >= 4 is 26.0 Å². The van der Waals surface area contributed by atoms with E-state index in [0.29, 0.717) is 16.8 Å². The molecule has 0 fully saturated rings. The number of benzene rings is 1. The van der Waals surface area contributed by atoms with Crippen molar-refractivity contribution < 1.29 is 23.0 Å². The second-order valence-corrected chi connectivity index (χ2v) is 6.41. The van der Waals surface area contributed by atoms with Gasteiger partial charge >= 0.3 is 0 Å². The highest BCUT2D eigenvalue weighted by Gasteiger charge is 2.19. The Balaban J connectivity index is 2.77. The third kappa shape index (κ3) is 5.37. The molecule has 0 amide bonds. The number of hydrogen-bond donors (Lipinski definition) is 2. The lowest BCUT2D eigenvalue weighted by molar-refractivity contribution is 0.0961. The predicted molar refractivity (Wildman–Crippen MR) is 78.4 cm³/mol. The van der Waals surface area contributed by atoms with E-state index in [-0.39, 0.29) is 31.3 Å². The van der Waals surface area contributed by atoms with Crippen LogP contribution in [-0.4, -0.2) is 46.5 Å². The van der Waals surface area contributed by atoms with Crippen LogP contribution in [0.2, 0.25) is 0 Å². The average molecular weight is 368 g/mol. The van der Waals surface area contributed by atoms with Gasteiger partial charge in [-0.2, -0.15) is 0 Å². The van der Waals surface area contributed by atoms with Crippen LogP contribution in [0, 0.1) is 0 Å². The zero-order valence-electron chi connectivity index (χ0n) is 11.1. The predicted octanol–water partition coefficient (Wildman–Crippen LogP) is 1.13. The van der Waals surface area contributed by atoms with E-state index < -0.39 is 10.0 Å². The molecule has 0 aliphatic heterocycles. The Hall–Kier alpha value is -0.670. The van der Waals surface area contributed by atoms with Gasteiger partial charge in [-0.15, -0.1) is 0 Å². The molecular weight excluding hydrogens is 350 g/mol. The first-order chi connectivity index (χ1) is 9.51. The lowest BCUT2D eigenvalue weighted by atomic mass is 10.3. The molecule has 8 heteroatoms. The zero-order chi connectivity index (χ0) is 15.0. The molecule has 1 aromatic rings. The molecule has 0 aliphatic carbocycles. The molecule has 114 valence electrons. The summed E-state index contributed by atoms with van der Waals surface area (Å²) in [7, 11) is -3.67. The first-order valence-electron chi connectivity index (χ1n) is 6.12. The number of halogens is 1. The van der Waals surface area contributed by atoms with Gasteiger partial charge in [0.05, 0.1) is 26.4 Å². The van der Waals surface area contributed by atoms with Gasteiger partial charge in [0.15, 0.2) is 0 Å². The number of hydrogen-bond acceptors (Lipinski definition) is 5. The Bertz CT molecular complexity index is 521. The number of aliphatic hydroxyl groups excluding tert-OH is 1. The van der Waals surface area contributed by atoms with E-state index in [2.05, 4.69) is 20.7 Å². The largest absolute Gasteiger partial charge is 0.492 e. The van der Waals surface area contributed by atoms with Gasteiger partial charge in [-0.1, -0.05) is 15.9 Å². The van der Waals surface area contributed by atoms with E-state index in [9.17, 15) is 8.42 Å². The Labute approximate surface area is 127 Å². The van der Waals surface area contributed by atoms with E-state index in [1.807, 2.05) is 0 Å². The maximum atomic E-state index is 12.2. The molecule has 0 atom stereocenters. The highest BCUT2D eigenvalue weighted by atomic mass is 79.9. The summed E-state index contributed by atoms with van der Waals surface area (Å²) in [5.41, 5.74) is 0. The fourth-order valence-corrected chi connectivity index (χ4v) is 3.15. The number of aliphatic hydroxyl groups is 1. The van der Waals surface area contributed by atoms with Gasteiger partial charge in [0.25, 0.3) is 0 Å². The number of nitrogens with one attached hydrogen (secondary N) is 1. The lowest BCUT2D eigenvalue weighted by Gasteiger charge is -2.12. The van der Waals surface area contributed by atoms with Gasteiger partial charge in [-0.3, -0.25) is 0 Å². The molecule has 0 aliphatic rings. The molecule has 0 aromatic heterocycles. The first kappa shape index (κ1) is 17.4. The zero-order valence-corrected chi connectivity index (χ0v) is 13.5. The Morgan fingerprint density at radius 2 is 2.10 bits per heavy atom. The molecule has 2 N–H and O–H groups in total. The van der Waals surface area contributed by atoms with Crippen LogP contribution < -0.4 is 9.46 Å². The molecule has 0 spiro atoms. The van der Waals surface area contributed by atoms with E-state index in [4.69, 9.17) is 14.6 Å². The molecule has 1 rings (SSSR count). The van der Waals surface area contributed by atoms with Gasteiger partial charge in [0.1, 0.15) is 10.6 Å². The highest BCUT2D eigenvalue weighted by molar-refractivity contribution is 9.10. The lowest BCUT2D eigenvalue weighted by Crippen LogP contribution is -2.28. The van der Waals surface area contributed by atoms with Crippen LogP contribution >= 0.6 is 15.9 Å². The van der Waals surface area contributed by atoms with Crippen LogP contribution in [0.1, 0.15) is 6.92 Å². The van der Waals surface area contributed by atoms with E-state index >= 15 is 0 Å². The summed E-state index contributed by atoms with van der Waals surface area (Å²) < 4.78 is 37.8. The van der Waals surface area contributed by atoms with Crippen molar-refractivity contribution in [2.24, 2.45) is 0 Å². The highest BCUT2D eigenvalue weighted by Crippen LogP contribution is 2.27. The third-order valence-electron chi connectivity index (χ3n) is 2.27. The van der Waals surface area contributed by atoms with Crippen LogP contribution in [0.3, 0.4) is 0 Å². The first-order valence-corrected chi connectivity index (χ1v) is 8.39. The Morgan fingerprint density at radius 1 is 1.35 bits per heavy atom. The van der Waals surface area contributed by atoms with Crippen LogP contribution in [-0.2, 0) is 14.8 Å². The summed E-state index contributed by atoms with van der Waals surface area (Å²) in [5.74, 6) is 0.305. The summed E-state index contributed by atoms with van der Waals surface area (Å²) in [6.45, 7) is 2.58. The van der Waals surface area contributed by atoms with E-state index in [1.54, 1.807) is 19.1 Å². The standard InChI is InChI=1S/C12H18BrNO5S/c1-2-19-11-4-3-10(13)9-12(11)20(16,17)14-5-7-18-8-6-15/h3-4,9,14-15H,2,5-8H2,1H3. The fraction of sp³-hybridized carbons (Fsp3) is 0.500. The number of ether oxygens (including phenoxy) is 2. The SMILES string of the molecule is CCOc1ccc(Br)cc1S(=O)(=O)NCCOCCO. The van der Waals surface area contributed by atoms with Gasteiger partial charge in [-0.25, -0.2) is 13.1 Å². The third-order valence-corrected chi connectivity index (χ3v) is 4.24. The van der Waals surface area contributed by atoms with Crippen LogP contribution in [0.15, 0.2) is 27.6 Å². The summed E-state index contributed by atoms with van der Waals surface area (Å²) in [4.78, 5) is 0.0795. The van der Waals surface area contributed by atoms with Crippen LogP contribution in [0.25, 0.3) is 0 Å². The second kappa shape index (κ2) is 8.58. The van der Waals surface area contributed by atoms with Crippen molar-refractivity contribution in [3.05, 3.63) is 22.7 Å². The number of sulfonamides is 1. The smallest absolute Gasteiger partial charge is 0.244 e. The van der Waals surface area contributed by atoms with Crippen LogP contribution in [0.5, 0.6) is 5.75 Å². The van der Waals surface area contributed by atoms with Crippen molar-refractivity contribution in [3.63, 3.8) is 0 Å². The molecule has 1 aromatic carbocycles. The minimum Gasteiger partial charge on any atom is -0.492 e. The Morgan fingerprint density at radius 3 is 2.75 bits per heavy atom. The topological polar surface area (TPSA) is 84.9 Å². The molecule has 20 heavy (non-hydrogen) atoms. The van der Waals surface area contributed by atoms with Crippen molar-refractivity contribution in [1.82, 2.24) is 4.72 Å². The maximum Gasteiger partial charge on any atom is 0.244 e. The van der Waals surface area contributed by atoms with Crippen molar-refractivity contribution in [2.45, 2.75) is 11.8 Å². The van der Waals surface area contributed by atoms with E-state index in [0.717, 1.165) is 0 Å². The summed E-state index contributed by atoms with van der Waals surface area (Å²) >= 11 is 3.24. The monoisotopic (exact) mass is 367 g/mol. The Kier molecular flexibility index (Phi) is 7.46. The van der Waals surface area contributed by atoms with Crippen molar-refractivity contribution in [1.29, 1.82) is 0 Å². The van der Waals surface area contributed by atoms with Crippen molar-refractivity contribution in [3.8, 4) is 5.75 Å². The molecule has 0 saturated carbocycles. The number of rotatable bonds is 9. The fourth-order valence-electron chi connectivity index (χ4n) is 1.46. The minimum atomic E-state index is -3.67. The quantitative estimate of drug-likeness (QED) is 0.639. The molecule has 0 unspecified atom stereocenters. The van der Waals surface area contributed by atoms with E-state index in [1.165, 1.54) is 6.07 Å².